The molecule has 0 radical (unpaired) electrons. The van der Waals surface area contributed by atoms with Crippen molar-refractivity contribution in [2.75, 3.05) is 6.54 Å². The zero-order chi connectivity index (χ0) is 15.1. The van der Waals surface area contributed by atoms with Crippen molar-refractivity contribution < 1.29 is 9.59 Å². The fourth-order valence-electron chi connectivity index (χ4n) is 1.33. The molecular formula is C14H20BrN3O2. The SMILES string of the molecule is CC(C)C(C)NCC(=O)NNC(=O)c1ccc(Br)cc1. The topological polar surface area (TPSA) is 70.2 Å². The Morgan fingerprint density at radius 3 is 2.25 bits per heavy atom. The summed E-state index contributed by atoms with van der Waals surface area (Å²) in [5.74, 6) is -0.175. The van der Waals surface area contributed by atoms with Crippen molar-refractivity contribution in [2.45, 2.75) is 26.8 Å². The highest BCUT2D eigenvalue weighted by molar-refractivity contribution is 9.10. The van der Waals surface area contributed by atoms with Crippen LogP contribution < -0.4 is 16.2 Å². The third kappa shape index (κ3) is 5.71. The first kappa shape index (κ1) is 16.7. The number of amides is 2. The molecule has 0 saturated heterocycles. The summed E-state index contributed by atoms with van der Waals surface area (Å²) in [4.78, 5) is 23.3. The van der Waals surface area contributed by atoms with Crippen LogP contribution in [-0.4, -0.2) is 24.4 Å². The molecule has 0 heterocycles. The summed E-state index contributed by atoms with van der Waals surface area (Å²) in [5.41, 5.74) is 5.24. The van der Waals surface area contributed by atoms with Gasteiger partial charge in [0.05, 0.1) is 6.54 Å². The fourth-order valence-corrected chi connectivity index (χ4v) is 1.60. The smallest absolute Gasteiger partial charge is 0.269 e. The van der Waals surface area contributed by atoms with E-state index in [1.54, 1.807) is 24.3 Å². The van der Waals surface area contributed by atoms with Gasteiger partial charge in [0.2, 0.25) is 0 Å². The second-order valence-electron chi connectivity index (χ2n) is 4.92. The molecule has 1 aromatic rings. The molecule has 0 spiro atoms. The van der Waals surface area contributed by atoms with Crippen LogP contribution in [0, 0.1) is 5.92 Å². The fraction of sp³-hybridized carbons (Fsp3) is 0.429. The highest BCUT2D eigenvalue weighted by Crippen LogP contribution is 2.10. The van der Waals surface area contributed by atoms with E-state index >= 15 is 0 Å². The van der Waals surface area contributed by atoms with Crippen molar-refractivity contribution in [3.63, 3.8) is 0 Å². The highest BCUT2D eigenvalue weighted by Gasteiger charge is 2.10. The van der Waals surface area contributed by atoms with Crippen LogP contribution in [0.25, 0.3) is 0 Å². The van der Waals surface area contributed by atoms with E-state index in [-0.39, 0.29) is 24.4 Å². The van der Waals surface area contributed by atoms with Gasteiger partial charge in [-0.2, -0.15) is 0 Å². The van der Waals surface area contributed by atoms with Crippen LogP contribution >= 0.6 is 15.9 Å². The lowest BCUT2D eigenvalue weighted by molar-refractivity contribution is -0.121. The van der Waals surface area contributed by atoms with Crippen molar-refractivity contribution in [1.82, 2.24) is 16.2 Å². The number of hydrogen-bond donors (Lipinski definition) is 3. The highest BCUT2D eigenvalue weighted by atomic mass is 79.9. The summed E-state index contributed by atoms with van der Waals surface area (Å²) in [6.07, 6.45) is 0. The average Bonchev–Trinajstić information content (AvgIpc) is 2.42. The third-order valence-corrected chi connectivity index (χ3v) is 3.54. The Balaban J connectivity index is 2.34. The zero-order valence-corrected chi connectivity index (χ0v) is 13.5. The van der Waals surface area contributed by atoms with Crippen LogP contribution in [0.2, 0.25) is 0 Å². The maximum atomic E-state index is 11.7. The van der Waals surface area contributed by atoms with E-state index < -0.39 is 0 Å². The number of benzene rings is 1. The van der Waals surface area contributed by atoms with Gasteiger partial charge in [-0.25, -0.2) is 0 Å². The molecule has 1 aromatic carbocycles. The third-order valence-electron chi connectivity index (χ3n) is 3.01. The molecule has 1 atom stereocenters. The average molecular weight is 342 g/mol. The minimum atomic E-state index is -0.345. The normalized spacial score (nSPS) is 12.1. The van der Waals surface area contributed by atoms with E-state index in [0.717, 1.165) is 4.47 Å². The van der Waals surface area contributed by atoms with Crippen LogP contribution in [0.5, 0.6) is 0 Å². The van der Waals surface area contributed by atoms with Gasteiger partial charge < -0.3 is 5.32 Å². The van der Waals surface area contributed by atoms with Gasteiger partial charge in [-0.3, -0.25) is 20.4 Å². The number of nitrogens with one attached hydrogen (secondary N) is 3. The molecule has 0 aliphatic carbocycles. The molecule has 0 aliphatic rings. The van der Waals surface area contributed by atoms with Gasteiger partial charge in [-0.05, 0) is 37.1 Å². The number of hydrogen-bond acceptors (Lipinski definition) is 3. The Hall–Kier alpha value is -1.40. The molecule has 1 unspecified atom stereocenters. The minimum absolute atomic E-state index is 0.167. The first-order valence-corrected chi connectivity index (χ1v) is 7.27. The molecule has 0 aromatic heterocycles. The molecule has 0 aliphatic heterocycles. The summed E-state index contributed by atoms with van der Waals surface area (Å²) in [6, 6.07) is 7.11. The summed E-state index contributed by atoms with van der Waals surface area (Å²) in [6.45, 7) is 6.33. The monoisotopic (exact) mass is 341 g/mol. The molecule has 0 bridgehead atoms. The van der Waals surface area contributed by atoms with Crippen molar-refractivity contribution in [2.24, 2.45) is 5.92 Å². The van der Waals surface area contributed by atoms with Crippen LogP contribution in [0.15, 0.2) is 28.7 Å². The van der Waals surface area contributed by atoms with Crippen molar-refractivity contribution in [1.29, 1.82) is 0 Å². The van der Waals surface area contributed by atoms with Crippen LogP contribution in [0.4, 0.5) is 0 Å². The molecule has 20 heavy (non-hydrogen) atoms. The van der Waals surface area contributed by atoms with Gasteiger partial charge in [0.25, 0.3) is 11.8 Å². The zero-order valence-electron chi connectivity index (χ0n) is 11.9. The maximum Gasteiger partial charge on any atom is 0.269 e. The van der Waals surface area contributed by atoms with E-state index in [4.69, 9.17) is 0 Å². The van der Waals surface area contributed by atoms with Crippen LogP contribution in [0.3, 0.4) is 0 Å². The van der Waals surface area contributed by atoms with E-state index in [1.165, 1.54) is 0 Å². The standard InChI is InChI=1S/C14H20BrN3O2/c1-9(2)10(3)16-8-13(19)17-18-14(20)11-4-6-12(15)7-5-11/h4-7,9-10,16H,8H2,1-3H3,(H,17,19)(H,18,20). The lowest BCUT2D eigenvalue weighted by Crippen LogP contribution is -2.47. The lowest BCUT2D eigenvalue weighted by atomic mass is 10.1. The lowest BCUT2D eigenvalue weighted by Gasteiger charge is -2.17. The Morgan fingerprint density at radius 2 is 1.70 bits per heavy atom. The van der Waals surface area contributed by atoms with Gasteiger partial charge in [0.1, 0.15) is 0 Å². The molecule has 0 saturated carbocycles. The molecule has 5 nitrogen and oxygen atoms in total. The maximum absolute atomic E-state index is 11.7. The summed E-state index contributed by atoms with van der Waals surface area (Å²) in [5, 5.41) is 3.08. The number of carbonyl (C=O) groups is 2. The van der Waals surface area contributed by atoms with Gasteiger partial charge in [0.15, 0.2) is 0 Å². The second-order valence-corrected chi connectivity index (χ2v) is 5.84. The Bertz CT molecular complexity index is 460. The Labute approximate surface area is 127 Å². The number of halogens is 1. The second kappa shape index (κ2) is 8.01. The summed E-state index contributed by atoms with van der Waals surface area (Å²) in [7, 11) is 0. The predicted octanol–water partition coefficient (Wildman–Crippen LogP) is 1.84. The molecule has 6 heteroatoms. The first-order chi connectivity index (χ1) is 9.40. The quantitative estimate of drug-likeness (QED) is 0.715. The number of hydrazine groups is 1. The van der Waals surface area contributed by atoms with Crippen molar-refractivity contribution in [3.8, 4) is 0 Å². The molecular weight excluding hydrogens is 322 g/mol. The molecule has 2 amide bonds. The first-order valence-electron chi connectivity index (χ1n) is 6.48. The molecule has 110 valence electrons. The molecule has 0 fully saturated rings. The Morgan fingerprint density at radius 1 is 1.10 bits per heavy atom. The van der Waals surface area contributed by atoms with Crippen molar-refractivity contribution >= 4 is 27.7 Å². The summed E-state index contributed by atoms with van der Waals surface area (Å²) >= 11 is 3.29. The number of rotatable bonds is 5. The van der Waals surface area contributed by atoms with Crippen molar-refractivity contribution in [3.05, 3.63) is 34.3 Å². The molecule has 1 rings (SSSR count). The van der Waals surface area contributed by atoms with E-state index in [0.29, 0.717) is 11.5 Å². The van der Waals surface area contributed by atoms with E-state index in [1.807, 2.05) is 6.92 Å². The largest absolute Gasteiger partial charge is 0.306 e. The Kier molecular flexibility index (Phi) is 6.67. The van der Waals surface area contributed by atoms with Gasteiger partial charge in [-0.15, -0.1) is 0 Å². The van der Waals surface area contributed by atoms with Crippen LogP contribution in [-0.2, 0) is 4.79 Å². The van der Waals surface area contributed by atoms with Crippen LogP contribution in [0.1, 0.15) is 31.1 Å². The minimum Gasteiger partial charge on any atom is -0.306 e. The predicted molar refractivity (Wildman–Crippen MR) is 82.1 cm³/mol. The van der Waals surface area contributed by atoms with Gasteiger partial charge in [-0.1, -0.05) is 29.8 Å². The van der Waals surface area contributed by atoms with Gasteiger partial charge in [0, 0.05) is 16.1 Å². The van der Waals surface area contributed by atoms with Gasteiger partial charge >= 0.3 is 0 Å². The molecule has 3 N–H and O–H groups in total. The summed E-state index contributed by atoms with van der Waals surface area (Å²) < 4.78 is 0.893. The van der Waals surface area contributed by atoms with E-state index in [9.17, 15) is 9.59 Å². The van der Waals surface area contributed by atoms with E-state index in [2.05, 4.69) is 45.9 Å². The number of carbonyl (C=O) groups excluding carboxylic acids is 2.